The van der Waals surface area contributed by atoms with E-state index in [0.717, 1.165) is 5.69 Å². The molecule has 2 heterocycles. The predicted octanol–water partition coefficient (Wildman–Crippen LogP) is 2.74. The highest BCUT2D eigenvalue weighted by molar-refractivity contribution is 5.92. The topological polar surface area (TPSA) is 74.8 Å². The van der Waals surface area contributed by atoms with Gasteiger partial charge in [0.05, 0.1) is 18.5 Å². The Kier molecular flexibility index (Phi) is 6.30. The Labute approximate surface area is 154 Å². The summed E-state index contributed by atoms with van der Waals surface area (Å²) in [4.78, 5) is 32.1. The van der Waals surface area contributed by atoms with E-state index >= 15 is 0 Å². The van der Waals surface area contributed by atoms with Gasteiger partial charge in [0.25, 0.3) is 5.91 Å². The van der Waals surface area contributed by atoms with Crippen molar-refractivity contribution in [3.8, 4) is 0 Å². The molecule has 2 amide bonds. The normalized spacial score (nSPS) is 18.5. The van der Waals surface area contributed by atoms with Crippen LogP contribution >= 0.6 is 0 Å². The number of anilines is 1. The molecule has 1 N–H and O–H groups in total. The first-order valence-electron chi connectivity index (χ1n) is 9.61. The lowest BCUT2D eigenvalue weighted by molar-refractivity contribution is 0.0566. The SMILES string of the molecule is CCOC(=O)N1CCN(C(=O)c2ccc(NC3CCCCC3)cn2)CC1. The van der Waals surface area contributed by atoms with E-state index in [1.807, 2.05) is 6.07 Å². The molecule has 0 radical (unpaired) electrons. The summed E-state index contributed by atoms with van der Waals surface area (Å²) in [6, 6.07) is 4.23. The molecule has 1 aliphatic heterocycles. The van der Waals surface area contributed by atoms with E-state index in [9.17, 15) is 9.59 Å². The monoisotopic (exact) mass is 360 g/mol. The fraction of sp³-hybridized carbons (Fsp3) is 0.632. The summed E-state index contributed by atoms with van der Waals surface area (Å²) >= 11 is 0. The number of nitrogens with one attached hydrogen (secondary N) is 1. The van der Waals surface area contributed by atoms with Crippen molar-refractivity contribution >= 4 is 17.7 Å². The Hall–Kier alpha value is -2.31. The first-order valence-corrected chi connectivity index (χ1v) is 9.61. The summed E-state index contributed by atoms with van der Waals surface area (Å²) in [6.45, 7) is 4.14. The molecule has 7 heteroatoms. The van der Waals surface area contributed by atoms with Gasteiger partial charge in [-0.15, -0.1) is 0 Å². The highest BCUT2D eigenvalue weighted by atomic mass is 16.6. The first-order chi connectivity index (χ1) is 12.7. The second-order valence-electron chi connectivity index (χ2n) is 6.89. The van der Waals surface area contributed by atoms with Gasteiger partial charge in [-0.05, 0) is 31.9 Å². The molecule has 7 nitrogen and oxygen atoms in total. The Balaban J connectivity index is 1.51. The molecule has 2 fully saturated rings. The second kappa shape index (κ2) is 8.87. The largest absolute Gasteiger partial charge is 0.450 e. The van der Waals surface area contributed by atoms with Gasteiger partial charge in [-0.1, -0.05) is 19.3 Å². The third-order valence-corrected chi connectivity index (χ3v) is 5.05. The number of amides is 2. The molecule has 0 unspecified atom stereocenters. The third kappa shape index (κ3) is 4.65. The number of ether oxygens (including phenoxy) is 1. The maximum atomic E-state index is 12.6. The van der Waals surface area contributed by atoms with Crippen molar-refractivity contribution in [2.75, 3.05) is 38.1 Å². The van der Waals surface area contributed by atoms with Crippen LogP contribution in [0.5, 0.6) is 0 Å². The number of aromatic nitrogens is 1. The zero-order valence-corrected chi connectivity index (χ0v) is 15.4. The Morgan fingerprint density at radius 2 is 1.81 bits per heavy atom. The highest BCUT2D eigenvalue weighted by Crippen LogP contribution is 2.21. The van der Waals surface area contributed by atoms with Crippen molar-refractivity contribution in [1.82, 2.24) is 14.8 Å². The summed E-state index contributed by atoms with van der Waals surface area (Å²) in [7, 11) is 0. The summed E-state index contributed by atoms with van der Waals surface area (Å²) in [5.74, 6) is -0.0854. The molecule has 1 saturated heterocycles. The van der Waals surface area contributed by atoms with Crippen LogP contribution in [0.3, 0.4) is 0 Å². The molecule has 0 bridgehead atoms. The molecule has 1 saturated carbocycles. The van der Waals surface area contributed by atoms with Crippen LogP contribution in [-0.4, -0.2) is 65.6 Å². The van der Waals surface area contributed by atoms with Gasteiger partial charge in [-0.25, -0.2) is 9.78 Å². The van der Waals surface area contributed by atoms with Crippen LogP contribution in [0.1, 0.15) is 49.5 Å². The molecule has 0 aromatic carbocycles. The summed E-state index contributed by atoms with van der Waals surface area (Å²) < 4.78 is 5.00. The van der Waals surface area contributed by atoms with Gasteiger partial charge in [0.1, 0.15) is 5.69 Å². The molecule has 26 heavy (non-hydrogen) atoms. The number of carbonyl (C=O) groups excluding carboxylic acids is 2. The van der Waals surface area contributed by atoms with Crippen LogP contribution in [-0.2, 0) is 4.74 Å². The van der Waals surface area contributed by atoms with Crippen LogP contribution in [0.25, 0.3) is 0 Å². The van der Waals surface area contributed by atoms with Gasteiger partial charge in [0, 0.05) is 32.2 Å². The minimum Gasteiger partial charge on any atom is -0.450 e. The van der Waals surface area contributed by atoms with Gasteiger partial charge in [0.2, 0.25) is 0 Å². The lowest BCUT2D eigenvalue weighted by Crippen LogP contribution is -2.50. The number of carbonyl (C=O) groups is 2. The minimum absolute atomic E-state index is 0.0854. The number of nitrogens with zero attached hydrogens (tertiary/aromatic N) is 3. The van der Waals surface area contributed by atoms with Crippen LogP contribution < -0.4 is 5.32 Å². The predicted molar refractivity (Wildman–Crippen MR) is 99.2 cm³/mol. The Morgan fingerprint density at radius 1 is 1.12 bits per heavy atom. The Bertz CT molecular complexity index is 606. The molecule has 0 spiro atoms. The summed E-state index contributed by atoms with van der Waals surface area (Å²) in [5.41, 5.74) is 1.42. The summed E-state index contributed by atoms with van der Waals surface area (Å²) in [6.07, 6.45) is 7.72. The molecule has 1 aromatic heterocycles. The lowest BCUT2D eigenvalue weighted by atomic mass is 9.95. The van der Waals surface area contributed by atoms with Gasteiger partial charge in [-0.2, -0.15) is 0 Å². The quantitative estimate of drug-likeness (QED) is 0.894. The molecule has 3 rings (SSSR count). The van der Waals surface area contributed by atoms with Crippen LogP contribution in [0.2, 0.25) is 0 Å². The van der Waals surface area contributed by atoms with E-state index in [1.165, 1.54) is 32.1 Å². The molecule has 1 aliphatic carbocycles. The van der Waals surface area contributed by atoms with Crippen molar-refractivity contribution in [2.45, 2.75) is 45.1 Å². The van der Waals surface area contributed by atoms with Gasteiger partial charge in [0.15, 0.2) is 0 Å². The number of pyridine rings is 1. The van der Waals surface area contributed by atoms with Crippen LogP contribution in [0.4, 0.5) is 10.5 Å². The third-order valence-electron chi connectivity index (χ3n) is 5.05. The van der Waals surface area contributed by atoms with E-state index < -0.39 is 0 Å². The molecule has 2 aliphatic rings. The molecule has 0 atom stereocenters. The Morgan fingerprint density at radius 3 is 2.42 bits per heavy atom. The van der Waals surface area contributed by atoms with Crippen molar-refractivity contribution in [2.24, 2.45) is 0 Å². The van der Waals surface area contributed by atoms with Crippen molar-refractivity contribution < 1.29 is 14.3 Å². The first kappa shape index (κ1) is 18.5. The van der Waals surface area contributed by atoms with E-state index in [0.29, 0.717) is 44.5 Å². The zero-order chi connectivity index (χ0) is 18.4. The minimum atomic E-state index is -0.309. The van der Waals surface area contributed by atoms with E-state index in [-0.39, 0.29) is 12.0 Å². The molecular formula is C19H28N4O3. The second-order valence-corrected chi connectivity index (χ2v) is 6.89. The maximum absolute atomic E-state index is 12.6. The van der Waals surface area contributed by atoms with Crippen molar-refractivity contribution in [1.29, 1.82) is 0 Å². The van der Waals surface area contributed by atoms with Gasteiger partial charge in [-0.3, -0.25) is 4.79 Å². The standard InChI is InChI=1S/C19H28N4O3/c1-2-26-19(25)23-12-10-22(11-13-23)18(24)17-9-8-16(14-20-17)21-15-6-4-3-5-7-15/h8-9,14-15,21H,2-7,10-13H2,1H3. The lowest BCUT2D eigenvalue weighted by Gasteiger charge is -2.33. The van der Waals surface area contributed by atoms with E-state index in [2.05, 4.69) is 10.3 Å². The molecule has 142 valence electrons. The van der Waals surface area contributed by atoms with Crippen LogP contribution in [0, 0.1) is 0 Å². The average molecular weight is 360 g/mol. The number of piperazine rings is 1. The zero-order valence-electron chi connectivity index (χ0n) is 15.4. The fourth-order valence-corrected chi connectivity index (χ4v) is 3.56. The number of hydrogen-bond donors (Lipinski definition) is 1. The van der Waals surface area contributed by atoms with Gasteiger partial charge < -0.3 is 19.9 Å². The van der Waals surface area contributed by atoms with Gasteiger partial charge >= 0.3 is 6.09 Å². The highest BCUT2D eigenvalue weighted by Gasteiger charge is 2.26. The van der Waals surface area contributed by atoms with E-state index in [4.69, 9.17) is 4.74 Å². The van der Waals surface area contributed by atoms with Crippen LogP contribution in [0.15, 0.2) is 18.3 Å². The average Bonchev–Trinajstić information content (AvgIpc) is 2.69. The molecular weight excluding hydrogens is 332 g/mol. The van der Waals surface area contributed by atoms with Crippen molar-refractivity contribution in [3.05, 3.63) is 24.0 Å². The molecule has 1 aromatic rings. The van der Waals surface area contributed by atoms with Crippen molar-refractivity contribution in [3.63, 3.8) is 0 Å². The maximum Gasteiger partial charge on any atom is 0.409 e. The van der Waals surface area contributed by atoms with E-state index in [1.54, 1.807) is 29.0 Å². The smallest absolute Gasteiger partial charge is 0.409 e. The summed E-state index contributed by atoms with van der Waals surface area (Å²) in [5, 5.41) is 3.51. The number of hydrogen-bond acceptors (Lipinski definition) is 5. The number of rotatable bonds is 4. The fourth-order valence-electron chi connectivity index (χ4n) is 3.56.